The monoisotopic (exact) mass is 282 g/mol. The molecular formula is C13H19ClN4O. The molecule has 1 aliphatic rings. The lowest BCUT2D eigenvalue weighted by Gasteiger charge is -2.38. The molecule has 0 saturated carbocycles. The van der Waals surface area contributed by atoms with Crippen LogP contribution < -0.4 is 5.73 Å². The van der Waals surface area contributed by atoms with Crippen LogP contribution >= 0.6 is 11.6 Å². The summed E-state index contributed by atoms with van der Waals surface area (Å²) in [6.45, 7) is 4.67. The first-order chi connectivity index (χ1) is 9.05. The van der Waals surface area contributed by atoms with E-state index in [1.807, 2.05) is 13.0 Å². The quantitative estimate of drug-likeness (QED) is 0.385. The van der Waals surface area contributed by atoms with Crippen molar-refractivity contribution >= 4 is 17.4 Å². The van der Waals surface area contributed by atoms with Gasteiger partial charge in [0.25, 0.3) is 0 Å². The van der Waals surface area contributed by atoms with E-state index in [0.29, 0.717) is 10.9 Å². The predicted octanol–water partition coefficient (Wildman–Crippen LogP) is 2.08. The van der Waals surface area contributed by atoms with Crippen molar-refractivity contribution in [3.63, 3.8) is 0 Å². The van der Waals surface area contributed by atoms with Gasteiger partial charge in [-0.05, 0) is 37.6 Å². The Labute approximate surface area is 118 Å². The molecule has 0 atom stereocenters. The van der Waals surface area contributed by atoms with Crippen LogP contribution in [0, 0.1) is 5.41 Å². The van der Waals surface area contributed by atoms with Crippen LogP contribution in [-0.2, 0) is 6.54 Å². The van der Waals surface area contributed by atoms with Crippen molar-refractivity contribution in [3.05, 3.63) is 29.0 Å². The van der Waals surface area contributed by atoms with Crippen molar-refractivity contribution in [1.29, 1.82) is 0 Å². The van der Waals surface area contributed by atoms with Crippen molar-refractivity contribution < 1.29 is 5.21 Å². The largest absolute Gasteiger partial charge is 0.409 e. The van der Waals surface area contributed by atoms with E-state index in [1.165, 1.54) is 0 Å². The smallest absolute Gasteiger partial charge is 0.145 e. The Morgan fingerprint density at radius 1 is 1.58 bits per heavy atom. The average Bonchev–Trinajstić information content (AvgIpc) is 2.43. The van der Waals surface area contributed by atoms with Gasteiger partial charge in [0, 0.05) is 24.4 Å². The van der Waals surface area contributed by atoms with Gasteiger partial charge in [0.05, 0.1) is 5.02 Å². The first-order valence-corrected chi connectivity index (χ1v) is 6.72. The van der Waals surface area contributed by atoms with E-state index >= 15 is 0 Å². The summed E-state index contributed by atoms with van der Waals surface area (Å²) in [5.41, 5.74) is 6.64. The fourth-order valence-electron chi connectivity index (χ4n) is 2.35. The van der Waals surface area contributed by atoms with Crippen LogP contribution in [0.2, 0.25) is 5.02 Å². The van der Waals surface area contributed by atoms with Crippen LogP contribution in [-0.4, -0.2) is 34.0 Å². The second kappa shape index (κ2) is 5.75. The first-order valence-electron chi connectivity index (χ1n) is 6.34. The fourth-order valence-corrected chi connectivity index (χ4v) is 2.53. The first kappa shape index (κ1) is 14.1. The zero-order chi connectivity index (χ0) is 13.9. The van der Waals surface area contributed by atoms with Crippen molar-refractivity contribution in [2.24, 2.45) is 16.3 Å². The summed E-state index contributed by atoms with van der Waals surface area (Å²) in [6, 6.07) is 1.94. The fraction of sp³-hybridized carbons (Fsp3) is 0.538. The molecule has 1 fully saturated rings. The number of oxime groups is 1. The average molecular weight is 283 g/mol. The van der Waals surface area contributed by atoms with Gasteiger partial charge >= 0.3 is 0 Å². The van der Waals surface area contributed by atoms with Crippen LogP contribution in [0.1, 0.15) is 25.3 Å². The molecule has 1 aliphatic heterocycles. The van der Waals surface area contributed by atoms with E-state index in [-0.39, 0.29) is 5.41 Å². The van der Waals surface area contributed by atoms with Gasteiger partial charge in [-0.2, -0.15) is 0 Å². The lowest BCUT2D eigenvalue weighted by atomic mass is 9.79. The molecule has 0 radical (unpaired) electrons. The number of nitrogens with two attached hydrogens (primary N) is 1. The van der Waals surface area contributed by atoms with Gasteiger partial charge in [0.2, 0.25) is 0 Å². The van der Waals surface area contributed by atoms with Gasteiger partial charge < -0.3 is 10.9 Å². The Balaban J connectivity index is 1.96. The highest BCUT2D eigenvalue weighted by Crippen LogP contribution is 2.32. The van der Waals surface area contributed by atoms with Crippen LogP contribution in [0.3, 0.4) is 0 Å². The van der Waals surface area contributed by atoms with E-state index in [9.17, 15) is 0 Å². The van der Waals surface area contributed by atoms with Crippen molar-refractivity contribution in [2.75, 3.05) is 13.1 Å². The number of nitrogens with zero attached hydrogens (tertiary/aromatic N) is 3. The summed E-state index contributed by atoms with van der Waals surface area (Å²) >= 11 is 6.11. The molecule has 2 rings (SSSR count). The maximum atomic E-state index is 8.81. The second-order valence-electron chi connectivity index (χ2n) is 5.29. The normalized spacial score (nSPS) is 20.4. The minimum atomic E-state index is -0.201. The van der Waals surface area contributed by atoms with Gasteiger partial charge in [0.15, 0.2) is 0 Å². The van der Waals surface area contributed by atoms with Gasteiger partial charge in [-0.3, -0.25) is 9.88 Å². The van der Waals surface area contributed by atoms with E-state index in [4.69, 9.17) is 22.5 Å². The summed E-state index contributed by atoms with van der Waals surface area (Å²) in [6.07, 6.45) is 5.18. The predicted molar refractivity (Wildman–Crippen MR) is 75.3 cm³/mol. The third kappa shape index (κ3) is 3.16. The minimum absolute atomic E-state index is 0.201. The molecule has 1 aromatic rings. The number of pyridine rings is 1. The topological polar surface area (TPSA) is 74.7 Å². The molecule has 0 spiro atoms. The molecule has 1 saturated heterocycles. The number of amidine groups is 1. The van der Waals surface area contributed by atoms with Gasteiger partial charge in [-0.15, -0.1) is 0 Å². The molecule has 0 amide bonds. The highest BCUT2D eigenvalue weighted by atomic mass is 35.5. The van der Waals surface area contributed by atoms with E-state index in [0.717, 1.165) is 38.0 Å². The van der Waals surface area contributed by atoms with Crippen LogP contribution in [0.5, 0.6) is 0 Å². The third-order valence-electron chi connectivity index (χ3n) is 3.94. The van der Waals surface area contributed by atoms with Crippen molar-refractivity contribution in [3.8, 4) is 0 Å². The van der Waals surface area contributed by atoms with Gasteiger partial charge in [-0.25, -0.2) is 0 Å². The summed E-state index contributed by atoms with van der Waals surface area (Å²) < 4.78 is 0. The van der Waals surface area contributed by atoms with E-state index in [1.54, 1.807) is 12.4 Å². The number of likely N-dealkylation sites (tertiary alicyclic amines) is 1. The molecule has 1 aromatic heterocycles. The number of halogens is 1. The standard InChI is InChI=1S/C13H19ClN4O/c1-13(12(15)17-19)3-6-18(7-4-13)9-10-2-5-16-8-11(10)14/h2,5,8,19H,3-4,6-7,9H2,1H3,(H2,15,17). The molecule has 2 heterocycles. The molecule has 0 unspecified atom stereocenters. The molecule has 5 nitrogen and oxygen atoms in total. The molecule has 0 bridgehead atoms. The van der Waals surface area contributed by atoms with Crippen LogP contribution in [0.25, 0.3) is 0 Å². The summed E-state index contributed by atoms with van der Waals surface area (Å²) in [4.78, 5) is 6.31. The summed E-state index contributed by atoms with van der Waals surface area (Å²) in [5.74, 6) is 0.328. The Morgan fingerprint density at radius 3 is 2.84 bits per heavy atom. The molecule has 6 heteroatoms. The molecular weight excluding hydrogens is 264 g/mol. The third-order valence-corrected chi connectivity index (χ3v) is 4.28. The van der Waals surface area contributed by atoms with Crippen molar-refractivity contribution in [2.45, 2.75) is 26.3 Å². The number of rotatable bonds is 3. The number of aromatic nitrogens is 1. The molecule has 0 aliphatic carbocycles. The van der Waals surface area contributed by atoms with Crippen LogP contribution in [0.4, 0.5) is 0 Å². The van der Waals surface area contributed by atoms with Crippen LogP contribution in [0.15, 0.2) is 23.6 Å². The number of hydrogen-bond acceptors (Lipinski definition) is 4. The molecule has 0 aromatic carbocycles. The number of hydrogen-bond donors (Lipinski definition) is 2. The summed E-state index contributed by atoms with van der Waals surface area (Å²) in [7, 11) is 0. The molecule has 3 N–H and O–H groups in total. The second-order valence-corrected chi connectivity index (χ2v) is 5.70. The Kier molecular flexibility index (Phi) is 4.27. The Hall–Kier alpha value is -1.33. The zero-order valence-corrected chi connectivity index (χ0v) is 11.8. The lowest BCUT2D eigenvalue weighted by molar-refractivity contribution is 0.153. The minimum Gasteiger partial charge on any atom is -0.409 e. The molecule has 19 heavy (non-hydrogen) atoms. The lowest BCUT2D eigenvalue weighted by Crippen LogP contribution is -2.45. The SMILES string of the molecule is CC1(/C(N)=N/O)CCN(Cc2ccncc2Cl)CC1. The highest BCUT2D eigenvalue weighted by Gasteiger charge is 2.34. The summed E-state index contributed by atoms with van der Waals surface area (Å²) in [5, 5.41) is 12.7. The van der Waals surface area contributed by atoms with E-state index in [2.05, 4.69) is 15.0 Å². The maximum absolute atomic E-state index is 8.81. The van der Waals surface area contributed by atoms with Gasteiger partial charge in [-0.1, -0.05) is 23.7 Å². The zero-order valence-electron chi connectivity index (χ0n) is 11.0. The number of piperidine rings is 1. The van der Waals surface area contributed by atoms with E-state index < -0.39 is 0 Å². The maximum Gasteiger partial charge on any atom is 0.145 e. The van der Waals surface area contributed by atoms with Gasteiger partial charge in [0.1, 0.15) is 5.84 Å². The molecule has 104 valence electrons. The Morgan fingerprint density at radius 2 is 2.26 bits per heavy atom. The highest BCUT2D eigenvalue weighted by molar-refractivity contribution is 6.31. The Bertz CT molecular complexity index is 469. The van der Waals surface area contributed by atoms with Crippen molar-refractivity contribution in [1.82, 2.24) is 9.88 Å².